The van der Waals surface area contributed by atoms with Gasteiger partial charge in [0, 0.05) is 15.6 Å². The summed E-state index contributed by atoms with van der Waals surface area (Å²) in [5.41, 5.74) is -0.213. The second-order valence-corrected chi connectivity index (χ2v) is 4.86. The van der Waals surface area contributed by atoms with Gasteiger partial charge in [-0.15, -0.1) is 0 Å². The van der Waals surface area contributed by atoms with Gasteiger partial charge in [-0.05, 0) is 29.0 Å². The first kappa shape index (κ1) is 12.7. The van der Waals surface area contributed by atoms with Crippen molar-refractivity contribution in [2.45, 2.75) is 13.1 Å². The molecule has 0 atom stereocenters. The zero-order valence-electron chi connectivity index (χ0n) is 8.48. The van der Waals surface area contributed by atoms with Gasteiger partial charge in [0.2, 0.25) is 0 Å². The topological polar surface area (TPSA) is 0 Å². The lowest BCUT2D eigenvalue weighted by Crippen LogP contribution is -1.94. The summed E-state index contributed by atoms with van der Waals surface area (Å²) >= 11 is 9.01. The van der Waals surface area contributed by atoms with E-state index in [0.29, 0.717) is 15.2 Å². The summed E-state index contributed by atoms with van der Waals surface area (Å²) in [6.45, 7) is -0.857. The summed E-state index contributed by atoms with van der Waals surface area (Å²) in [6, 6.07) is 6.43. The van der Waals surface area contributed by atoms with Gasteiger partial charge in [0.25, 0.3) is 6.43 Å². The van der Waals surface area contributed by atoms with Crippen LogP contribution in [0.5, 0.6) is 0 Å². The Morgan fingerprint density at radius 3 is 2.53 bits per heavy atom. The van der Waals surface area contributed by atoms with Crippen LogP contribution < -0.4 is 0 Å². The normalized spacial score (nSPS) is 11.4. The van der Waals surface area contributed by atoms with Crippen molar-refractivity contribution < 1.29 is 13.2 Å². The molecule has 17 heavy (non-hydrogen) atoms. The zero-order valence-corrected chi connectivity index (χ0v) is 10.8. The molecule has 2 aromatic carbocycles. The highest BCUT2D eigenvalue weighted by Crippen LogP contribution is 2.38. The molecule has 2 aromatic rings. The van der Waals surface area contributed by atoms with Crippen LogP contribution in [-0.4, -0.2) is 0 Å². The predicted molar refractivity (Wildman–Crippen MR) is 66.4 cm³/mol. The molecule has 0 N–H and O–H groups in total. The monoisotopic (exact) mass is 322 g/mol. The van der Waals surface area contributed by atoms with Gasteiger partial charge >= 0.3 is 0 Å². The van der Waals surface area contributed by atoms with E-state index in [1.54, 1.807) is 18.2 Å². The maximum atomic E-state index is 13.0. The highest BCUT2D eigenvalue weighted by atomic mass is 79.9. The van der Waals surface area contributed by atoms with Crippen LogP contribution in [0, 0.1) is 0 Å². The molecule has 0 bridgehead atoms. The second kappa shape index (κ2) is 4.86. The quantitative estimate of drug-likeness (QED) is 0.668. The Labute approximate surface area is 110 Å². The lowest BCUT2D eigenvalue weighted by molar-refractivity contribution is 0.153. The molecule has 5 heteroatoms. The molecule has 0 aromatic heterocycles. The first-order valence-electron chi connectivity index (χ1n) is 4.79. The largest absolute Gasteiger partial charge is 0.265 e. The van der Waals surface area contributed by atoms with E-state index in [0.717, 1.165) is 0 Å². The molecule has 0 aliphatic rings. The molecule has 90 valence electrons. The summed E-state index contributed by atoms with van der Waals surface area (Å²) in [7, 11) is 0. The molecule has 0 spiro atoms. The van der Waals surface area contributed by atoms with Crippen molar-refractivity contribution in [2.75, 3.05) is 0 Å². The standard InChI is InChI=1S/C12H7BrClF3/c13-8-2-1-6-3-7(5-15)11(14)10(12(16)17)9(6)4-8/h1-4,12H,5H2. The third-order valence-electron chi connectivity index (χ3n) is 2.52. The fourth-order valence-electron chi connectivity index (χ4n) is 1.74. The van der Waals surface area contributed by atoms with E-state index in [9.17, 15) is 13.2 Å². The van der Waals surface area contributed by atoms with Crippen molar-refractivity contribution in [1.82, 2.24) is 0 Å². The van der Waals surface area contributed by atoms with Crippen LogP contribution in [-0.2, 0) is 6.67 Å². The van der Waals surface area contributed by atoms with Crippen molar-refractivity contribution in [3.05, 3.63) is 44.9 Å². The van der Waals surface area contributed by atoms with E-state index in [4.69, 9.17) is 11.6 Å². The minimum Gasteiger partial charge on any atom is -0.246 e. The predicted octanol–water partition coefficient (Wildman–Crippen LogP) is 5.66. The van der Waals surface area contributed by atoms with Gasteiger partial charge < -0.3 is 0 Å². The van der Waals surface area contributed by atoms with E-state index < -0.39 is 13.1 Å². The fourth-order valence-corrected chi connectivity index (χ4v) is 2.39. The molecule has 0 nitrogen and oxygen atoms in total. The van der Waals surface area contributed by atoms with Gasteiger partial charge in [0.05, 0.1) is 5.02 Å². The molecular weight excluding hydrogens is 316 g/mol. The number of halogens is 5. The summed E-state index contributed by atoms with van der Waals surface area (Å²) in [5.74, 6) is 0. The van der Waals surface area contributed by atoms with E-state index in [-0.39, 0.29) is 16.1 Å². The van der Waals surface area contributed by atoms with E-state index >= 15 is 0 Å². The van der Waals surface area contributed by atoms with Gasteiger partial charge in [-0.25, -0.2) is 13.2 Å². The van der Waals surface area contributed by atoms with Crippen LogP contribution in [0.25, 0.3) is 10.8 Å². The molecule has 0 aliphatic heterocycles. The van der Waals surface area contributed by atoms with Crippen LogP contribution in [0.3, 0.4) is 0 Å². The average Bonchev–Trinajstić information content (AvgIpc) is 2.27. The Bertz CT molecular complexity index is 569. The number of benzene rings is 2. The molecule has 0 saturated heterocycles. The molecule has 0 aliphatic carbocycles. The van der Waals surface area contributed by atoms with Crippen molar-refractivity contribution >= 4 is 38.3 Å². The Morgan fingerprint density at radius 1 is 1.24 bits per heavy atom. The minimum absolute atomic E-state index is 0.0942. The molecule has 0 fully saturated rings. The van der Waals surface area contributed by atoms with Gasteiger partial charge in [0.1, 0.15) is 6.67 Å². The maximum absolute atomic E-state index is 13.0. The number of fused-ring (bicyclic) bond motifs is 1. The van der Waals surface area contributed by atoms with Crippen LogP contribution in [0.15, 0.2) is 28.7 Å². The fraction of sp³-hybridized carbons (Fsp3) is 0.167. The maximum Gasteiger partial charge on any atom is 0.265 e. The smallest absolute Gasteiger partial charge is 0.246 e. The van der Waals surface area contributed by atoms with Gasteiger partial charge in [-0.3, -0.25) is 0 Å². The summed E-state index contributed by atoms with van der Waals surface area (Å²) in [5, 5.41) is 0.713. The lowest BCUT2D eigenvalue weighted by Gasteiger charge is -2.11. The summed E-state index contributed by atoms with van der Waals surface area (Å²) in [4.78, 5) is 0. The van der Waals surface area contributed by atoms with Crippen LogP contribution in [0.4, 0.5) is 13.2 Å². The van der Waals surface area contributed by atoms with Gasteiger partial charge in [-0.1, -0.05) is 33.6 Å². The van der Waals surface area contributed by atoms with Crippen molar-refractivity contribution in [1.29, 1.82) is 0 Å². The molecule has 2 rings (SSSR count). The Kier molecular flexibility index (Phi) is 3.64. The molecule has 0 amide bonds. The number of hydrogen-bond acceptors (Lipinski definition) is 0. The van der Waals surface area contributed by atoms with Crippen molar-refractivity contribution in [2.24, 2.45) is 0 Å². The molecule has 0 radical (unpaired) electrons. The average molecular weight is 324 g/mol. The van der Waals surface area contributed by atoms with Crippen LogP contribution in [0.1, 0.15) is 17.6 Å². The van der Waals surface area contributed by atoms with E-state index in [2.05, 4.69) is 15.9 Å². The third-order valence-corrected chi connectivity index (χ3v) is 3.46. The highest BCUT2D eigenvalue weighted by molar-refractivity contribution is 9.10. The number of hydrogen-bond donors (Lipinski definition) is 0. The van der Waals surface area contributed by atoms with Crippen molar-refractivity contribution in [3.63, 3.8) is 0 Å². The zero-order chi connectivity index (χ0) is 12.6. The first-order valence-corrected chi connectivity index (χ1v) is 5.96. The second-order valence-electron chi connectivity index (χ2n) is 3.56. The summed E-state index contributed by atoms with van der Waals surface area (Å²) < 4.78 is 39.3. The summed E-state index contributed by atoms with van der Waals surface area (Å²) in [6.07, 6.45) is -2.73. The SMILES string of the molecule is FCc1cc2ccc(Br)cc2c(C(F)F)c1Cl. The van der Waals surface area contributed by atoms with Crippen LogP contribution >= 0.6 is 27.5 Å². The molecule has 0 saturated carbocycles. The lowest BCUT2D eigenvalue weighted by atomic mass is 10.0. The minimum atomic E-state index is -2.73. The Balaban J connectivity index is 2.87. The van der Waals surface area contributed by atoms with Gasteiger partial charge in [0.15, 0.2) is 0 Å². The number of alkyl halides is 3. The van der Waals surface area contributed by atoms with Crippen molar-refractivity contribution in [3.8, 4) is 0 Å². The van der Waals surface area contributed by atoms with E-state index in [1.165, 1.54) is 6.07 Å². The van der Waals surface area contributed by atoms with E-state index in [1.807, 2.05) is 0 Å². The Morgan fingerprint density at radius 2 is 1.94 bits per heavy atom. The first-order chi connectivity index (χ1) is 8.04. The Hall–Kier alpha value is -0.740. The highest BCUT2D eigenvalue weighted by Gasteiger charge is 2.19. The molecule has 0 unspecified atom stereocenters. The molecule has 0 heterocycles. The molecular formula is C12H7BrClF3. The van der Waals surface area contributed by atoms with Gasteiger partial charge in [-0.2, -0.15) is 0 Å². The number of rotatable bonds is 2. The third kappa shape index (κ3) is 2.29. The van der Waals surface area contributed by atoms with Crippen LogP contribution in [0.2, 0.25) is 5.02 Å².